The minimum Gasteiger partial charge on any atom is -0.481 e. The largest absolute Gasteiger partial charge is 0.481 e. The van der Waals surface area contributed by atoms with Crippen molar-refractivity contribution in [2.75, 3.05) is 31.1 Å². The Morgan fingerprint density at radius 1 is 1.00 bits per heavy atom. The molecule has 0 spiro atoms. The van der Waals surface area contributed by atoms with Gasteiger partial charge in [-0.2, -0.15) is 0 Å². The standard InChI is InChI=1S/C18H21ClN2O4/c19-11-1-3-12(4-2-11)20-7-9-21(10-8-20)17(22)15-13-5-6-14(25-13)16(15)18(23)24/h1-4,13-16H,5-10H2,(H,23,24)/t13-,14+,15+,16-/m1/s1. The van der Waals surface area contributed by atoms with E-state index in [4.69, 9.17) is 16.3 Å². The normalized spacial score (nSPS) is 31.4. The van der Waals surface area contributed by atoms with Crippen LogP contribution in [-0.4, -0.2) is 60.3 Å². The second-order valence-electron chi connectivity index (χ2n) is 6.97. The molecule has 4 rings (SSSR count). The van der Waals surface area contributed by atoms with Crippen molar-refractivity contribution >= 4 is 29.2 Å². The molecule has 3 fully saturated rings. The van der Waals surface area contributed by atoms with Crippen molar-refractivity contribution in [3.8, 4) is 0 Å². The molecule has 7 heteroatoms. The third kappa shape index (κ3) is 2.98. The maximum atomic E-state index is 12.9. The van der Waals surface area contributed by atoms with E-state index in [1.54, 1.807) is 4.90 Å². The van der Waals surface area contributed by atoms with Crippen molar-refractivity contribution < 1.29 is 19.4 Å². The Morgan fingerprint density at radius 3 is 2.20 bits per heavy atom. The average Bonchev–Trinajstić information content (AvgIpc) is 3.23. The number of hydrogen-bond acceptors (Lipinski definition) is 4. The Labute approximate surface area is 151 Å². The summed E-state index contributed by atoms with van der Waals surface area (Å²) in [6.07, 6.45) is 1.01. The quantitative estimate of drug-likeness (QED) is 0.886. The lowest BCUT2D eigenvalue weighted by molar-refractivity contribution is -0.151. The molecular weight excluding hydrogens is 344 g/mol. The van der Waals surface area contributed by atoms with Gasteiger partial charge in [0.25, 0.3) is 0 Å². The van der Waals surface area contributed by atoms with Crippen molar-refractivity contribution in [1.29, 1.82) is 0 Å². The highest BCUT2D eigenvalue weighted by Gasteiger charge is 2.56. The number of carbonyl (C=O) groups is 2. The highest BCUT2D eigenvalue weighted by atomic mass is 35.5. The first-order valence-electron chi connectivity index (χ1n) is 8.72. The van der Waals surface area contributed by atoms with E-state index in [1.807, 2.05) is 24.3 Å². The molecule has 0 aliphatic carbocycles. The minimum atomic E-state index is -0.912. The number of ether oxygens (including phenoxy) is 1. The summed E-state index contributed by atoms with van der Waals surface area (Å²) in [5, 5.41) is 10.2. The van der Waals surface area contributed by atoms with Crippen LogP contribution >= 0.6 is 11.6 Å². The molecule has 1 N–H and O–H groups in total. The molecule has 3 heterocycles. The first-order chi connectivity index (χ1) is 12.0. The molecule has 3 aliphatic rings. The van der Waals surface area contributed by atoms with Crippen molar-refractivity contribution in [2.45, 2.75) is 25.0 Å². The summed E-state index contributed by atoms with van der Waals surface area (Å²) in [6, 6.07) is 7.67. The number of amides is 1. The van der Waals surface area contributed by atoms with E-state index >= 15 is 0 Å². The smallest absolute Gasteiger partial charge is 0.310 e. The second kappa shape index (κ2) is 6.50. The minimum absolute atomic E-state index is 0.0599. The number of halogens is 1. The molecule has 1 aromatic rings. The van der Waals surface area contributed by atoms with E-state index in [9.17, 15) is 14.7 Å². The van der Waals surface area contributed by atoms with Gasteiger partial charge in [0.05, 0.1) is 24.0 Å². The van der Waals surface area contributed by atoms with E-state index in [1.165, 1.54) is 0 Å². The number of carboxylic acid groups (broad SMARTS) is 1. The highest BCUT2D eigenvalue weighted by Crippen LogP contribution is 2.44. The molecular formula is C18H21ClN2O4. The van der Waals surface area contributed by atoms with Crippen molar-refractivity contribution in [1.82, 2.24) is 4.90 Å². The van der Waals surface area contributed by atoms with Gasteiger partial charge in [-0.05, 0) is 37.1 Å². The van der Waals surface area contributed by atoms with Crippen molar-refractivity contribution in [3.05, 3.63) is 29.3 Å². The SMILES string of the molecule is O=C(O)[C@H]1[C@@H](C(=O)N2CCN(c3ccc(Cl)cc3)CC2)[C@H]2CC[C@@H]1O2. The summed E-state index contributed by atoms with van der Waals surface area (Å²) in [6.45, 7) is 2.66. The summed E-state index contributed by atoms with van der Waals surface area (Å²) < 4.78 is 5.72. The molecule has 3 saturated heterocycles. The molecule has 1 amide bonds. The third-order valence-corrected chi connectivity index (χ3v) is 5.88. The number of benzene rings is 1. The van der Waals surface area contributed by atoms with Gasteiger partial charge in [-0.1, -0.05) is 11.6 Å². The van der Waals surface area contributed by atoms with Crippen LogP contribution in [0.5, 0.6) is 0 Å². The Balaban J connectivity index is 1.41. The van der Waals surface area contributed by atoms with Crippen molar-refractivity contribution in [2.24, 2.45) is 11.8 Å². The van der Waals surface area contributed by atoms with Gasteiger partial charge >= 0.3 is 5.97 Å². The molecule has 6 nitrogen and oxygen atoms in total. The maximum absolute atomic E-state index is 12.9. The summed E-state index contributed by atoms with van der Waals surface area (Å²) in [5.41, 5.74) is 1.09. The number of carboxylic acids is 1. The molecule has 0 aromatic heterocycles. The van der Waals surface area contributed by atoms with E-state index in [0.717, 1.165) is 31.6 Å². The van der Waals surface area contributed by atoms with Gasteiger partial charge in [0, 0.05) is 36.9 Å². The zero-order valence-electron chi connectivity index (χ0n) is 13.8. The molecule has 0 saturated carbocycles. The van der Waals surface area contributed by atoms with Gasteiger partial charge < -0.3 is 19.6 Å². The Hall–Kier alpha value is -1.79. The lowest BCUT2D eigenvalue weighted by atomic mass is 9.78. The van der Waals surface area contributed by atoms with Gasteiger partial charge in [-0.3, -0.25) is 9.59 Å². The molecule has 2 bridgehead atoms. The van der Waals surface area contributed by atoms with E-state index < -0.39 is 17.8 Å². The number of hydrogen-bond donors (Lipinski definition) is 1. The third-order valence-electron chi connectivity index (χ3n) is 5.63. The Kier molecular flexibility index (Phi) is 4.33. The van der Waals surface area contributed by atoms with Crippen LogP contribution in [0.1, 0.15) is 12.8 Å². The van der Waals surface area contributed by atoms with Crippen LogP contribution in [0.2, 0.25) is 5.02 Å². The zero-order valence-corrected chi connectivity index (χ0v) is 14.6. The molecule has 3 aliphatic heterocycles. The Bertz CT molecular complexity index is 672. The lowest BCUT2D eigenvalue weighted by Gasteiger charge is -2.38. The molecule has 134 valence electrons. The van der Waals surface area contributed by atoms with Crippen LogP contribution < -0.4 is 4.90 Å². The molecule has 0 unspecified atom stereocenters. The van der Waals surface area contributed by atoms with Crippen LogP contribution in [0.3, 0.4) is 0 Å². The number of fused-ring (bicyclic) bond motifs is 2. The monoisotopic (exact) mass is 364 g/mol. The number of carbonyl (C=O) groups excluding carboxylic acids is 1. The van der Waals surface area contributed by atoms with Crippen LogP contribution in [0, 0.1) is 11.8 Å². The summed E-state index contributed by atoms with van der Waals surface area (Å²) in [4.78, 5) is 28.5. The number of anilines is 1. The van der Waals surface area contributed by atoms with Crippen LogP contribution in [-0.2, 0) is 14.3 Å². The van der Waals surface area contributed by atoms with E-state index in [0.29, 0.717) is 18.1 Å². The van der Waals surface area contributed by atoms with Gasteiger partial charge in [-0.25, -0.2) is 0 Å². The number of nitrogens with zero attached hydrogens (tertiary/aromatic N) is 2. The second-order valence-corrected chi connectivity index (χ2v) is 7.41. The fourth-order valence-electron chi connectivity index (χ4n) is 4.35. The predicted octanol–water partition coefficient (Wildman–Crippen LogP) is 1.87. The molecule has 25 heavy (non-hydrogen) atoms. The lowest BCUT2D eigenvalue weighted by Crippen LogP contribution is -2.53. The van der Waals surface area contributed by atoms with Gasteiger partial charge in [0.2, 0.25) is 5.91 Å². The first kappa shape index (κ1) is 16.7. The number of piperazine rings is 1. The number of rotatable bonds is 3. The molecule has 0 radical (unpaired) electrons. The van der Waals surface area contributed by atoms with Crippen LogP contribution in [0.4, 0.5) is 5.69 Å². The average molecular weight is 365 g/mol. The van der Waals surface area contributed by atoms with Gasteiger partial charge in [-0.15, -0.1) is 0 Å². The van der Waals surface area contributed by atoms with Crippen LogP contribution in [0.25, 0.3) is 0 Å². The first-order valence-corrected chi connectivity index (χ1v) is 9.10. The highest BCUT2D eigenvalue weighted by molar-refractivity contribution is 6.30. The zero-order chi connectivity index (χ0) is 17.6. The predicted molar refractivity (Wildman–Crippen MR) is 92.8 cm³/mol. The van der Waals surface area contributed by atoms with Crippen LogP contribution in [0.15, 0.2) is 24.3 Å². The van der Waals surface area contributed by atoms with Gasteiger partial charge in [0.15, 0.2) is 0 Å². The van der Waals surface area contributed by atoms with E-state index in [-0.39, 0.29) is 18.1 Å². The summed E-state index contributed by atoms with van der Waals surface area (Å²) in [5.74, 6) is -2.19. The molecule has 4 atom stereocenters. The Morgan fingerprint density at radius 2 is 1.60 bits per heavy atom. The maximum Gasteiger partial charge on any atom is 0.310 e. The fourth-order valence-corrected chi connectivity index (χ4v) is 4.48. The topological polar surface area (TPSA) is 70.1 Å². The summed E-state index contributed by atoms with van der Waals surface area (Å²) >= 11 is 5.93. The number of aliphatic carboxylic acids is 1. The fraction of sp³-hybridized carbons (Fsp3) is 0.556. The molecule has 1 aromatic carbocycles. The van der Waals surface area contributed by atoms with Crippen molar-refractivity contribution in [3.63, 3.8) is 0 Å². The summed E-state index contributed by atoms with van der Waals surface area (Å²) in [7, 11) is 0. The van der Waals surface area contributed by atoms with E-state index in [2.05, 4.69) is 4.90 Å². The van der Waals surface area contributed by atoms with Gasteiger partial charge in [0.1, 0.15) is 0 Å².